The lowest BCUT2D eigenvalue weighted by Gasteiger charge is -2.16. The number of anilines is 1. The second-order valence-corrected chi connectivity index (χ2v) is 6.95. The minimum atomic E-state index is -3.04. The van der Waals surface area contributed by atoms with Crippen LogP contribution < -0.4 is 5.73 Å². The van der Waals surface area contributed by atoms with Crippen molar-refractivity contribution in [3.05, 3.63) is 29.8 Å². The van der Waals surface area contributed by atoms with E-state index in [0.717, 1.165) is 11.8 Å². The van der Waals surface area contributed by atoms with Crippen molar-refractivity contribution in [2.24, 2.45) is 0 Å². The van der Waals surface area contributed by atoms with E-state index in [1.807, 2.05) is 18.2 Å². The van der Waals surface area contributed by atoms with Gasteiger partial charge in [0.2, 0.25) is 5.91 Å². The van der Waals surface area contributed by atoms with Crippen molar-refractivity contribution in [2.75, 3.05) is 31.3 Å². The average Bonchev–Trinajstić information content (AvgIpc) is 2.32. The van der Waals surface area contributed by atoms with Gasteiger partial charge in [-0.2, -0.15) is 0 Å². The number of carbonyl (C=O) groups excluding carboxylic acids is 1. The van der Waals surface area contributed by atoms with Crippen LogP contribution in [0.3, 0.4) is 0 Å². The van der Waals surface area contributed by atoms with Crippen molar-refractivity contribution in [3.63, 3.8) is 0 Å². The van der Waals surface area contributed by atoms with Gasteiger partial charge >= 0.3 is 0 Å². The highest BCUT2D eigenvalue weighted by atomic mass is 32.2. The van der Waals surface area contributed by atoms with E-state index in [0.29, 0.717) is 18.5 Å². The number of amides is 1. The van der Waals surface area contributed by atoms with E-state index in [1.54, 1.807) is 13.1 Å². The molecule has 0 saturated heterocycles. The lowest BCUT2D eigenvalue weighted by Crippen LogP contribution is -2.31. The number of sulfone groups is 1. The molecule has 0 aliphatic carbocycles. The quantitative estimate of drug-likeness (QED) is 0.780. The number of hydrogen-bond donors (Lipinski definition) is 1. The number of nitrogens with two attached hydrogens (primary N) is 1. The first-order valence-corrected chi connectivity index (χ1v) is 8.10. The van der Waals surface area contributed by atoms with Gasteiger partial charge in [-0.15, -0.1) is 0 Å². The zero-order valence-electron chi connectivity index (χ0n) is 11.3. The second kappa shape index (κ2) is 6.56. The summed E-state index contributed by atoms with van der Waals surface area (Å²) in [5.41, 5.74) is 7.34. The smallest absolute Gasteiger partial charge is 0.222 e. The molecule has 1 aromatic carbocycles. The predicted molar refractivity (Wildman–Crippen MR) is 76.5 cm³/mol. The Morgan fingerprint density at radius 3 is 2.63 bits per heavy atom. The molecule has 0 unspecified atom stereocenters. The number of rotatable bonds is 6. The van der Waals surface area contributed by atoms with Crippen LogP contribution in [-0.2, 0) is 21.1 Å². The Morgan fingerprint density at radius 2 is 2.05 bits per heavy atom. The first-order chi connectivity index (χ1) is 8.78. The predicted octanol–water partition coefficient (Wildman–Crippen LogP) is 0.704. The highest BCUT2D eigenvalue weighted by Gasteiger charge is 2.11. The van der Waals surface area contributed by atoms with Crippen LogP contribution in [0.2, 0.25) is 0 Å². The van der Waals surface area contributed by atoms with Gasteiger partial charge < -0.3 is 10.6 Å². The first-order valence-electron chi connectivity index (χ1n) is 6.04. The molecule has 1 amide bonds. The highest BCUT2D eigenvalue weighted by Crippen LogP contribution is 2.09. The molecule has 1 rings (SSSR count). The Bertz CT molecular complexity index is 541. The van der Waals surface area contributed by atoms with Crippen LogP contribution >= 0.6 is 0 Å². The van der Waals surface area contributed by atoms with Crippen molar-refractivity contribution >= 4 is 21.4 Å². The summed E-state index contributed by atoms with van der Waals surface area (Å²) >= 11 is 0. The Morgan fingerprint density at radius 1 is 1.37 bits per heavy atom. The monoisotopic (exact) mass is 284 g/mol. The summed E-state index contributed by atoms with van der Waals surface area (Å²) in [7, 11) is -1.42. The summed E-state index contributed by atoms with van der Waals surface area (Å²) in [5.74, 6) is -0.0702. The van der Waals surface area contributed by atoms with Gasteiger partial charge in [0, 0.05) is 32.0 Å². The van der Waals surface area contributed by atoms with Crippen molar-refractivity contribution < 1.29 is 13.2 Å². The lowest BCUT2D eigenvalue weighted by atomic mass is 10.1. The largest absolute Gasteiger partial charge is 0.399 e. The first kappa shape index (κ1) is 15.5. The van der Waals surface area contributed by atoms with Gasteiger partial charge in [-0.3, -0.25) is 4.79 Å². The minimum absolute atomic E-state index is 0.00642. The summed E-state index contributed by atoms with van der Waals surface area (Å²) in [5, 5.41) is 0. The number of benzene rings is 1. The van der Waals surface area contributed by atoms with Gasteiger partial charge in [0.1, 0.15) is 9.84 Å². The Labute approximate surface area is 114 Å². The van der Waals surface area contributed by atoms with Gasteiger partial charge in [0.15, 0.2) is 0 Å². The van der Waals surface area contributed by atoms with Crippen LogP contribution in [0.25, 0.3) is 0 Å². The van der Waals surface area contributed by atoms with Crippen LogP contribution in [-0.4, -0.2) is 44.8 Å². The van der Waals surface area contributed by atoms with E-state index in [2.05, 4.69) is 0 Å². The van der Waals surface area contributed by atoms with Crippen LogP contribution in [0.15, 0.2) is 24.3 Å². The molecule has 0 aromatic heterocycles. The molecular formula is C13H20N2O3S. The van der Waals surface area contributed by atoms with Gasteiger partial charge in [-0.05, 0) is 24.1 Å². The lowest BCUT2D eigenvalue weighted by molar-refractivity contribution is -0.129. The maximum Gasteiger partial charge on any atom is 0.222 e. The molecule has 0 atom stereocenters. The van der Waals surface area contributed by atoms with E-state index in [9.17, 15) is 13.2 Å². The summed E-state index contributed by atoms with van der Waals surface area (Å²) in [6.07, 6.45) is 2.12. The molecule has 0 spiro atoms. The maximum absolute atomic E-state index is 11.8. The van der Waals surface area contributed by atoms with Crippen LogP contribution in [0.1, 0.15) is 12.0 Å². The molecule has 1 aromatic rings. The van der Waals surface area contributed by atoms with Crippen molar-refractivity contribution in [1.82, 2.24) is 4.90 Å². The average molecular weight is 284 g/mol. The number of aryl methyl sites for hydroxylation is 1. The zero-order valence-corrected chi connectivity index (χ0v) is 12.1. The molecule has 0 saturated carbocycles. The third-order valence-electron chi connectivity index (χ3n) is 2.80. The highest BCUT2D eigenvalue weighted by molar-refractivity contribution is 7.90. The molecule has 0 aliphatic rings. The third-order valence-corrected chi connectivity index (χ3v) is 3.73. The van der Waals surface area contributed by atoms with Crippen LogP contribution in [0.4, 0.5) is 5.69 Å². The third kappa shape index (κ3) is 6.24. The molecule has 0 heterocycles. The molecule has 0 aliphatic heterocycles. The fourth-order valence-electron chi connectivity index (χ4n) is 1.62. The number of hydrogen-bond acceptors (Lipinski definition) is 4. The van der Waals surface area contributed by atoms with Gasteiger partial charge in [0.05, 0.1) is 5.75 Å². The van der Waals surface area contributed by atoms with Gasteiger partial charge in [0.25, 0.3) is 0 Å². The van der Waals surface area contributed by atoms with Gasteiger partial charge in [-0.1, -0.05) is 12.1 Å². The molecule has 0 radical (unpaired) electrons. The Balaban J connectivity index is 2.42. The maximum atomic E-state index is 11.8. The Kier molecular flexibility index (Phi) is 5.35. The minimum Gasteiger partial charge on any atom is -0.399 e. The van der Waals surface area contributed by atoms with E-state index in [4.69, 9.17) is 5.73 Å². The van der Waals surface area contributed by atoms with Crippen molar-refractivity contribution in [1.29, 1.82) is 0 Å². The summed E-state index contributed by atoms with van der Waals surface area (Å²) in [4.78, 5) is 13.3. The SMILES string of the molecule is CN(CCS(C)(=O)=O)C(=O)CCc1cccc(N)c1. The molecule has 106 valence electrons. The normalized spacial score (nSPS) is 11.3. The number of nitrogen functional groups attached to an aromatic ring is 1. The summed E-state index contributed by atoms with van der Waals surface area (Å²) < 4.78 is 22.0. The van der Waals surface area contributed by atoms with Crippen LogP contribution in [0.5, 0.6) is 0 Å². The number of carbonyl (C=O) groups is 1. The van der Waals surface area contributed by atoms with E-state index < -0.39 is 9.84 Å². The molecule has 0 bridgehead atoms. The Hall–Kier alpha value is -1.56. The molecule has 5 nitrogen and oxygen atoms in total. The van der Waals surface area contributed by atoms with E-state index >= 15 is 0 Å². The molecule has 0 fully saturated rings. The molecule has 19 heavy (non-hydrogen) atoms. The molecule has 2 N–H and O–H groups in total. The number of nitrogens with zero attached hydrogens (tertiary/aromatic N) is 1. The van der Waals surface area contributed by atoms with E-state index in [-0.39, 0.29) is 18.2 Å². The van der Waals surface area contributed by atoms with Crippen molar-refractivity contribution in [3.8, 4) is 0 Å². The molecular weight excluding hydrogens is 264 g/mol. The summed E-state index contributed by atoms with van der Waals surface area (Å²) in [6, 6.07) is 7.40. The topological polar surface area (TPSA) is 80.5 Å². The van der Waals surface area contributed by atoms with Crippen molar-refractivity contribution in [2.45, 2.75) is 12.8 Å². The fraction of sp³-hybridized carbons (Fsp3) is 0.462. The van der Waals surface area contributed by atoms with Gasteiger partial charge in [-0.25, -0.2) is 8.42 Å². The summed E-state index contributed by atoms with van der Waals surface area (Å²) in [6.45, 7) is 0.231. The van der Waals surface area contributed by atoms with Crippen LogP contribution in [0, 0.1) is 0 Å². The molecule has 6 heteroatoms. The second-order valence-electron chi connectivity index (χ2n) is 4.69. The van der Waals surface area contributed by atoms with E-state index in [1.165, 1.54) is 4.90 Å². The standard InChI is InChI=1S/C13H20N2O3S/c1-15(8-9-19(2,17)18)13(16)7-6-11-4-3-5-12(14)10-11/h3-5,10H,6-9,14H2,1-2H3. The fourth-order valence-corrected chi connectivity index (χ4v) is 2.22. The zero-order chi connectivity index (χ0) is 14.5.